The summed E-state index contributed by atoms with van der Waals surface area (Å²) in [5, 5.41) is 18.8. The second-order valence-electron chi connectivity index (χ2n) is 7.96. The molecule has 1 aliphatic heterocycles. The number of amides is 1. The summed E-state index contributed by atoms with van der Waals surface area (Å²) in [7, 11) is -4.30. The van der Waals surface area contributed by atoms with Crippen molar-refractivity contribution in [2.45, 2.75) is 17.5 Å². The summed E-state index contributed by atoms with van der Waals surface area (Å²) < 4.78 is 33.6. The number of aliphatic hydroxyl groups excluding tert-OH is 1. The van der Waals surface area contributed by atoms with Crippen LogP contribution in [0.15, 0.2) is 78.0 Å². The summed E-state index contributed by atoms with van der Waals surface area (Å²) in [5.74, 6) is 3.51. The van der Waals surface area contributed by atoms with Gasteiger partial charge >= 0.3 is 5.97 Å². The number of ether oxygens (including phenoxy) is 1. The van der Waals surface area contributed by atoms with E-state index in [1.165, 1.54) is 41.6 Å². The van der Waals surface area contributed by atoms with Crippen LogP contribution in [0.1, 0.15) is 15.9 Å². The van der Waals surface area contributed by atoms with Crippen molar-refractivity contribution < 1.29 is 33.0 Å². The van der Waals surface area contributed by atoms with Crippen LogP contribution in [0.3, 0.4) is 0 Å². The van der Waals surface area contributed by atoms with Crippen molar-refractivity contribution in [2.75, 3.05) is 24.7 Å². The number of nitrogens with zero attached hydrogens (tertiary/aromatic N) is 3. The number of benzene rings is 2. The van der Waals surface area contributed by atoms with E-state index in [1.54, 1.807) is 36.4 Å². The quantitative estimate of drug-likeness (QED) is 0.468. The zero-order valence-electron chi connectivity index (χ0n) is 19.5. The van der Waals surface area contributed by atoms with Gasteiger partial charge in [-0.1, -0.05) is 30.0 Å². The number of fused-ring (bicyclic) bond motifs is 1. The number of pyridine rings is 1. The molecule has 11 heteroatoms. The number of sulfonamides is 1. The van der Waals surface area contributed by atoms with Gasteiger partial charge in [-0.2, -0.15) is 4.31 Å². The van der Waals surface area contributed by atoms with E-state index in [4.69, 9.17) is 9.84 Å². The number of carbonyl (C=O) groups excluding carboxylic acids is 1. The molecule has 190 valence electrons. The SMILES string of the molecule is O=C(O)C1CN(C(=O)c2cccnc2)c2ccccc2CN1S(=O)(=O)c1ccc(OCC#CCO)cc1. The Balaban J connectivity index is 1.70. The third kappa shape index (κ3) is 5.62. The van der Waals surface area contributed by atoms with Crippen molar-refractivity contribution in [1.29, 1.82) is 0 Å². The van der Waals surface area contributed by atoms with E-state index in [1.807, 2.05) is 0 Å². The lowest BCUT2D eigenvalue weighted by Gasteiger charge is -2.28. The van der Waals surface area contributed by atoms with Crippen molar-refractivity contribution >= 4 is 27.6 Å². The number of aliphatic carboxylic acids is 1. The van der Waals surface area contributed by atoms with Crippen LogP contribution in [0.5, 0.6) is 5.75 Å². The molecule has 0 aliphatic carbocycles. The molecule has 3 aromatic rings. The van der Waals surface area contributed by atoms with Crippen molar-refractivity contribution in [3.63, 3.8) is 0 Å². The van der Waals surface area contributed by atoms with Gasteiger partial charge < -0.3 is 19.8 Å². The lowest BCUT2D eigenvalue weighted by Crippen LogP contribution is -2.50. The molecule has 0 bridgehead atoms. The minimum Gasteiger partial charge on any atom is -0.481 e. The molecule has 2 heterocycles. The van der Waals surface area contributed by atoms with Crippen LogP contribution in [-0.4, -0.2) is 65.6 Å². The highest BCUT2D eigenvalue weighted by molar-refractivity contribution is 7.89. The predicted molar refractivity (Wildman–Crippen MR) is 133 cm³/mol. The number of carboxylic acid groups (broad SMARTS) is 1. The second-order valence-corrected chi connectivity index (χ2v) is 9.85. The highest BCUT2D eigenvalue weighted by Gasteiger charge is 2.41. The number of hydrogen-bond acceptors (Lipinski definition) is 7. The van der Waals surface area contributed by atoms with E-state index in [2.05, 4.69) is 16.8 Å². The molecule has 2 N–H and O–H groups in total. The number of rotatable bonds is 6. The molecule has 1 atom stereocenters. The standard InChI is InChI=1S/C26H23N3O7S/c30-14-3-4-15-36-21-9-11-22(12-10-21)37(34,35)29-17-20-6-1-2-8-23(20)28(18-24(29)26(32)33)25(31)19-7-5-13-27-16-19/h1-2,5-13,16,24,30H,14-15,17-18H2,(H,32,33). The molecule has 0 spiro atoms. The molecule has 0 saturated heterocycles. The van der Waals surface area contributed by atoms with Crippen LogP contribution in [0, 0.1) is 11.8 Å². The van der Waals surface area contributed by atoms with E-state index < -0.39 is 34.5 Å². The van der Waals surface area contributed by atoms with Gasteiger partial charge in [-0.15, -0.1) is 0 Å². The molecule has 1 amide bonds. The lowest BCUT2D eigenvalue weighted by atomic mass is 10.1. The van der Waals surface area contributed by atoms with E-state index in [0.29, 0.717) is 17.0 Å². The van der Waals surface area contributed by atoms with E-state index in [-0.39, 0.29) is 30.2 Å². The third-order valence-electron chi connectivity index (χ3n) is 5.70. The first-order valence-electron chi connectivity index (χ1n) is 11.2. The van der Waals surface area contributed by atoms with Crippen molar-refractivity contribution in [2.24, 2.45) is 0 Å². The molecule has 0 saturated carbocycles. The average molecular weight is 522 g/mol. The molecular formula is C26H23N3O7S. The van der Waals surface area contributed by atoms with E-state index >= 15 is 0 Å². The van der Waals surface area contributed by atoms with Crippen LogP contribution in [0.25, 0.3) is 0 Å². The summed E-state index contributed by atoms with van der Waals surface area (Å²) in [4.78, 5) is 30.9. The van der Waals surface area contributed by atoms with Crippen molar-refractivity contribution in [3.05, 3.63) is 84.2 Å². The summed E-state index contributed by atoms with van der Waals surface area (Å²) in [6.45, 7) is -0.932. The first-order chi connectivity index (χ1) is 17.8. The molecule has 1 unspecified atom stereocenters. The molecule has 1 aromatic heterocycles. The molecule has 0 fully saturated rings. The van der Waals surface area contributed by atoms with Crippen LogP contribution in [-0.2, 0) is 21.4 Å². The van der Waals surface area contributed by atoms with E-state index in [9.17, 15) is 23.1 Å². The molecular weight excluding hydrogens is 498 g/mol. The maximum atomic E-state index is 13.7. The minimum atomic E-state index is -4.30. The Kier molecular flexibility index (Phi) is 7.83. The summed E-state index contributed by atoms with van der Waals surface area (Å²) in [5.41, 5.74) is 1.15. The summed E-state index contributed by atoms with van der Waals surface area (Å²) >= 11 is 0. The highest BCUT2D eigenvalue weighted by Crippen LogP contribution is 2.32. The number of carbonyl (C=O) groups is 2. The predicted octanol–water partition coefficient (Wildman–Crippen LogP) is 1.76. The molecule has 4 rings (SSSR count). The number of carboxylic acids is 1. The molecule has 0 radical (unpaired) electrons. The maximum Gasteiger partial charge on any atom is 0.323 e. The summed E-state index contributed by atoms with van der Waals surface area (Å²) in [6, 6.07) is 13.8. The van der Waals surface area contributed by atoms with Crippen molar-refractivity contribution in [1.82, 2.24) is 9.29 Å². The average Bonchev–Trinajstić information content (AvgIpc) is 3.09. The zero-order chi connectivity index (χ0) is 26.4. The van der Waals surface area contributed by atoms with E-state index in [0.717, 1.165) is 4.31 Å². The number of aliphatic hydroxyl groups is 1. The fourth-order valence-corrected chi connectivity index (χ4v) is 5.46. The van der Waals surface area contributed by atoms with Crippen LogP contribution in [0.2, 0.25) is 0 Å². The normalized spacial score (nSPS) is 15.6. The Hall–Kier alpha value is -4.24. The molecule has 2 aromatic carbocycles. The van der Waals surface area contributed by atoms with Crippen LogP contribution in [0.4, 0.5) is 5.69 Å². The third-order valence-corrected chi connectivity index (χ3v) is 7.56. The fourth-order valence-electron chi connectivity index (χ4n) is 3.91. The Morgan fingerprint density at radius 3 is 2.49 bits per heavy atom. The zero-order valence-corrected chi connectivity index (χ0v) is 20.3. The Bertz CT molecular complexity index is 1450. The molecule has 37 heavy (non-hydrogen) atoms. The number of hydrogen-bond donors (Lipinski definition) is 2. The first-order valence-corrected chi connectivity index (χ1v) is 12.6. The van der Waals surface area contributed by atoms with Gasteiger partial charge in [0.1, 0.15) is 25.0 Å². The van der Waals surface area contributed by atoms with Gasteiger partial charge in [0.15, 0.2) is 0 Å². The number of para-hydroxylation sites is 1. The van der Waals surface area contributed by atoms with Gasteiger partial charge in [0.05, 0.1) is 17.0 Å². The number of anilines is 1. The molecule has 10 nitrogen and oxygen atoms in total. The maximum absolute atomic E-state index is 13.7. The van der Waals surface area contributed by atoms with Gasteiger partial charge in [0, 0.05) is 24.6 Å². The van der Waals surface area contributed by atoms with Gasteiger partial charge in [0.2, 0.25) is 10.0 Å². The second kappa shape index (κ2) is 11.2. The van der Waals surface area contributed by atoms with Gasteiger partial charge in [0.25, 0.3) is 5.91 Å². The van der Waals surface area contributed by atoms with Gasteiger partial charge in [-0.25, -0.2) is 8.42 Å². The van der Waals surface area contributed by atoms with Crippen molar-refractivity contribution in [3.8, 4) is 17.6 Å². The topological polar surface area (TPSA) is 137 Å². The lowest BCUT2D eigenvalue weighted by molar-refractivity contribution is -0.141. The highest BCUT2D eigenvalue weighted by atomic mass is 32.2. The first kappa shape index (κ1) is 25.8. The van der Waals surface area contributed by atoms with Gasteiger partial charge in [-0.3, -0.25) is 14.6 Å². The van der Waals surface area contributed by atoms with Crippen LogP contribution < -0.4 is 9.64 Å². The monoisotopic (exact) mass is 521 g/mol. The Morgan fingerprint density at radius 2 is 1.81 bits per heavy atom. The largest absolute Gasteiger partial charge is 0.481 e. The fraction of sp³-hybridized carbons (Fsp3) is 0.192. The Labute approximate surface area is 213 Å². The van der Waals surface area contributed by atoms with Gasteiger partial charge in [-0.05, 0) is 48.0 Å². The smallest absolute Gasteiger partial charge is 0.323 e. The summed E-state index contributed by atoms with van der Waals surface area (Å²) in [6.07, 6.45) is 2.89. The molecule has 1 aliphatic rings. The van der Waals surface area contributed by atoms with Crippen LogP contribution >= 0.6 is 0 Å². The Morgan fingerprint density at radius 1 is 1.05 bits per heavy atom. The number of aromatic nitrogens is 1. The minimum absolute atomic E-state index is 0.0114.